The van der Waals surface area contributed by atoms with Crippen molar-refractivity contribution in [1.29, 1.82) is 0 Å². The number of fused-ring (bicyclic) bond motifs is 2. The molecule has 146 valence electrons. The Bertz CT molecular complexity index is 1140. The monoisotopic (exact) mass is 397 g/mol. The molecule has 4 rings (SSSR count). The van der Waals surface area contributed by atoms with Crippen molar-refractivity contribution < 1.29 is 17.9 Å². The minimum Gasteiger partial charge on any atom is -0.497 e. The Hall–Kier alpha value is -2.57. The van der Waals surface area contributed by atoms with Crippen molar-refractivity contribution in [3.05, 3.63) is 66.2 Å². The van der Waals surface area contributed by atoms with Gasteiger partial charge in [-0.3, -0.25) is 0 Å². The van der Waals surface area contributed by atoms with E-state index in [-0.39, 0.29) is 10.9 Å². The largest absolute Gasteiger partial charge is 0.497 e. The maximum Gasteiger partial charge on any atom is 0.241 e. The van der Waals surface area contributed by atoms with Crippen LogP contribution >= 0.6 is 0 Å². The van der Waals surface area contributed by atoms with Crippen molar-refractivity contribution in [3.63, 3.8) is 0 Å². The average Bonchev–Trinajstić information content (AvgIpc) is 2.66. The highest BCUT2D eigenvalue weighted by Crippen LogP contribution is 2.40. The molecule has 1 aliphatic rings. The van der Waals surface area contributed by atoms with Crippen LogP contribution in [0.25, 0.3) is 10.8 Å². The number of hydrogen-bond donors (Lipinski definition) is 1. The predicted molar refractivity (Wildman–Crippen MR) is 109 cm³/mol. The van der Waals surface area contributed by atoms with E-state index >= 15 is 0 Å². The first kappa shape index (κ1) is 18.8. The summed E-state index contributed by atoms with van der Waals surface area (Å²) in [5, 5.41) is 1.77. The molecular weight excluding hydrogens is 374 g/mol. The summed E-state index contributed by atoms with van der Waals surface area (Å²) < 4.78 is 40.3. The summed E-state index contributed by atoms with van der Waals surface area (Å²) in [6.07, 6.45) is 0.550. The molecule has 1 atom stereocenters. The van der Waals surface area contributed by atoms with Crippen molar-refractivity contribution >= 4 is 20.8 Å². The fraction of sp³-hybridized carbons (Fsp3) is 0.273. The number of benzene rings is 3. The number of hydrogen-bond acceptors (Lipinski definition) is 4. The summed E-state index contributed by atoms with van der Waals surface area (Å²) >= 11 is 0. The standard InChI is InChI=1S/C22H23NO4S/c1-22(2)14-20(19-6-4-5-7-21(19)27-22)23-28(24,25)18-11-9-15-12-17(26-3)10-8-16(15)13-18/h4-13,20,23H,14H2,1-3H3/t20-/m1/s1. The van der Waals surface area contributed by atoms with Gasteiger partial charge in [-0.2, -0.15) is 0 Å². The van der Waals surface area contributed by atoms with Crippen molar-refractivity contribution in [2.45, 2.75) is 36.8 Å². The van der Waals surface area contributed by atoms with E-state index in [9.17, 15) is 8.42 Å². The van der Waals surface area contributed by atoms with E-state index < -0.39 is 15.6 Å². The van der Waals surface area contributed by atoms with E-state index in [4.69, 9.17) is 9.47 Å². The lowest BCUT2D eigenvalue weighted by Crippen LogP contribution is -2.41. The second-order valence-corrected chi connectivity index (χ2v) is 9.37. The number of ether oxygens (including phenoxy) is 2. The summed E-state index contributed by atoms with van der Waals surface area (Å²) in [5.41, 5.74) is 0.400. The molecule has 1 aliphatic heterocycles. The topological polar surface area (TPSA) is 64.6 Å². The second-order valence-electron chi connectivity index (χ2n) is 7.65. The first-order valence-electron chi connectivity index (χ1n) is 9.15. The molecule has 0 spiro atoms. The van der Waals surface area contributed by atoms with Gasteiger partial charge < -0.3 is 9.47 Å². The van der Waals surface area contributed by atoms with Crippen molar-refractivity contribution in [1.82, 2.24) is 4.72 Å². The van der Waals surface area contributed by atoms with Gasteiger partial charge >= 0.3 is 0 Å². The molecule has 6 heteroatoms. The first-order chi connectivity index (χ1) is 13.3. The third-order valence-electron chi connectivity index (χ3n) is 5.00. The Balaban J connectivity index is 1.68. The normalized spacial score (nSPS) is 18.3. The van der Waals surface area contributed by atoms with Crippen LogP contribution in [0.5, 0.6) is 11.5 Å². The number of nitrogens with one attached hydrogen (secondary N) is 1. The molecule has 1 N–H and O–H groups in total. The van der Waals surface area contributed by atoms with Crippen LogP contribution in [-0.4, -0.2) is 21.1 Å². The Labute approximate surface area is 165 Å². The van der Waals surface area contributed by atoms with Crippen molar-refractivity contribution in [2.75, 3.05) is 7.11 Å². The van der Waals surface area contributed by atoms with Gasteiger partial charge in [-0.15, -0.1) is 0 Å². The lowest BCUT2D eigenvalue weighted by Gasteiger charge is -2.37. The Kier molecular flexibility index (Phi) is 4.56. The Morgan fingerprint density at radius 1 is 1.04 bits per heavy atom. The molecule has 0 amide bonds. The first-order valence-corrected chi connectivity index (χ1v) is 10.6. The van der Waals surface area contributed by atoms with Gasteiger partial charge in [0.25, 0.3) is 0 Å². The highest BCUT2D eigenvalue weighted by Gasteiger charge is 2.35. The van der Waals surface area contributed by atoms with Gasteiger partial charge in [0.2, 0.25) is 10.0 Å². The maximum absolute atomic E-state index is 13.1. The molecule has 0 saturated carbocycles. The second kappa shape index (κ2) is 6.79. The van der Waals surface area contributed by atoms with E-state index in [1.807, 2.05) is 56.3 Å². The van der Waals surface area contributed by atoms with Gasteiger partial charge in [-0.1, -0.05) is 30.3 Å². The van der Waals surface area contributed by atoms with Crippen molar-refractivity contribution in [2.24, 2.45) is 0 Å². The fourth-order valence-corrected chi connectivity index (χ4v) is 4.91. The van der Waals surface area contributed by atoms with Gasteiger partial charge in [0.15, 0.2) is 0 Å². The van der Waals surface area contributed by atoms with Crippen LogP contribution in [0, 0.1) is 0 Å². The summed E-state index contributed by atoms with van der Waals surface area (Å²) in [5.74, 6) is 1.46. The van der Waals surface area contributed by atoms with Crippen LogP contribution in [-0.2, 0) is 10.0 Å². The molecule has 0 fully saturated rings. The highest BCUT2D eigenvalue weighted by molar-refractivity contribution is 7.89. The molecule has 0 aromatic heterocycles. The van der Waals surface area contributed by atoms with E-state index in [0.29, 0.717) is 6.42 Å². The molecule has 1 heterocycles. The minimum absolute atomic E-state index is 0.243. The number of rotatable bonds is 4. The van der Waals surface area contributed by atoms with Crippen LogP contribution in [0.1, 0.15) is 31.9 Å². The lowest BCUT2D eigenvalue weighted by atomic mass is 9.90. The van der Waals surface area contributed by atoms with Crippen LogP contribution in [0.4, 0.5) is 0 Å². The van der Waals surface area contributed by atoms with Crippen LogP contribution in [0.2, 0.25) is 0 Å². The van der Waals surface area contributed by atoms with Crippen molar-refractivity contribution in [3.8, 4) is 11.5 Å². The molecule has 5 nitrogen and oxygen atoms in total. The minimum atomic E-state index is -3.70. The zero-order chi connectivity index (χ0) is 19.9. The zero-order valence-corrected chi connectivity index (χ0v) is 16.9. The maximum atomic E-state index is 13.1. The average molecular weight is 397 g/mol. The van der Waals surface area contributed by atoms with Gasteiger partial charge in [-0.05, 0) is 55.0 Å². The quantitative estimate of drug-likeness (QED) is 0.707. The fourth-order valence-electron chi connectivity index (χ4n) is 3.66. The molecule has 3 aromatic rings. The summed E-state index contributed by atoms with van der Waals surface area (Å²) in [7, 11) is -2.09. The summed E-state index contributed by atoms with van der Waals surface area (Å²) in [6.45, 7) is 3.93. The molecule has 0 radical (unpaired) electrons. The third-order valence-corrected chi connectivity index (χ3v) is 6.47. The van der Waals surface area contributed by atoms with E-state index in [2.05, 4.69) is 4.72 Å². The number of para-hydroxylation sites is 1. The molecular formula is C22H23NO4S. The zero-order valence-electron chi connectivity index (χ0n) is 16.1. The highest BCUT2D eigenvalue weighted by atomic mass is 32.2. The molecule has 0 aliphatic carbocycles. The van der Waals surface area contributed by atoms with E-state index in [0.717, 1.165) is 27.8 Å². The van der Waals surface area contributed by atoms with Crippen LogP contribution < -0.4 is 14.2 Å². The SMILES string of the molecule is COc1ccc2cc(S(=O)(=O)N[C@@H]3CC(C)(C)Oc4ccccc43)ccc2c1. The lowest BCUT2D eigenvalue weighted by molar-refractivity contribution is 0.0702. The smallest absolute Gasteiger partial charge is 0.241 e. The predicted octanol–water partition coefficient (Wildman–Crippen LogP) is 4.43. The summed E-state index contributed by atoms with van der Waals surface area (Å²) in [4.78, 5) is 0.243. The Morgan fingerprint density at radius 3 is 2.54 bits per heavy atom. The van der Waals surface area contributed by atoms with Gasteiger partial charge in [0.05, 0.1) is 18.0 Å². The number of sulfonamides is 1. The van der Waals surface area contributed by atoms with Gasteiger partial charge in [-0.25, -0.2) is 13.1 Å². The van der Waals surface area contributed by atoms with E-state index in [1.165, 1.54) is 0 Å². The molecule has 28 heavy (non-hydrogen) atoms. The van der Waals surface area contributed by atoms with Gasteiger partial charge in [0, 0.05) is 12.0 Å². The van der Waals surface area contributed by atoms with Crippen LogP contribution in [0.3, 0.4) is 0 Å². The molecule has 3 aromatic carbocycles. The third kappa shape index (κ3) is 3.57. The number of methoxy groups -OCH3 is 1. The molecule has 0 unspecified atom stereocenters. The summed E-state index contributed by atoms with van der Waals surface area (Å²) in [6, 6.07) is 17.9. The van der Waals surface area contributed by atoms with Crippen LogP contribution in [0.15, 0.2) is 65.6 Å². The molecule has 0 saturated heterocycles. The Morgan fingerprint density at radius 2 is 1.75 bits per heavy atom. The van der Waals surface area contributed by atoms with E-state index in [1.54, 1.807) is 25.3 Å². The molecule has 0 bridgehead atoms. The van der Waals surface area contributed by atoms with Gasteiger partial charge in [0.1, 0.15) is 17.1 Å².